The number of rotatable bonds is 6. The van der Waals surface area contributed by atoms with Crippen molar-refractivity contribution in [1.82, 2.24) is 4.90 Å². The Balaban J connectivity index is 1.61. The summed E-state index contributed by atoms with van der Waals surface area (Å²) in [5.41, 5.74) is 1.06. The second-order valence-electron chi connectivity index (χ2n) is 6.66. The highest BCUT2D eigenvalue weighted by Crippen LogP contribution is 2.16. The first kappa shape index (κ1) is 19.7. The van der Waals surface area contributed by atoms with Gasteiger partial charge in [0.25, 0.3) is 0 Å². The van der Waals surface area contributed by atoms with Crippen LogP contribution in [0.4, 0.5) is 8.78 Å². The lowest BCUT2D eigenvalue weighted by molar-refractivity contribution is -0.128. The SMILES string of the molecule is CC(OC(=O)c1ccc(CN2CCCC2=O)cc1)C(=O)c1ccc(F)c(F)c1. The number of benzene rings is 2. The number of carbonyl (C=O) groups is 3. The molecule has 0 aromatic heterocycles. The topological polar surface area (TPSA) is 63.7 Å². The van der Waals surface area contributed by atoms with Gasteiger partial charge in [0.05, 0.1) is 5.56 Å². The summed E-state index contributed by atoms with van der Waals surface area (Å²) in [4.78, 5) is 37.9. The van der Waals surface area contributed by atoms with E-state index in [1.165, 1.54) is 6.92 Å². The number of hydrogen-bond acceptors (Lipinski definition) is 4. The Morgan fingerprint density at radius 2 is 1.75 bits per heavy atom. The van der Waals surface area contributed by atoms with E-state index in [0.29, 0.717) is 13.0 Å². The van der Waals surface area contributed by atoms with Gasteiger partial charge in [-0.05, 0) is 49.2 Å². The molecule has 146 valence electrons. The molecule has 2 aromatic rings. The largest absolute Gasteiger partial charge is 0.451 e. The van der Waals surface area contributed by atoms with Gasteiger partial charge in [0.15, 0.2) is 17.7 Å². The van der Waals surface area contributed by atoms with Crippen LogP contribution in [0.5, 0.6) is 0 Å². The second kappa shape index (κ2) is 8.29. The lowest BCUT2D eigenvalue weighted by Gasteiger charge is -2.16. The van der Waals surface area contributed by atoms with Crippen molar-refractivity contribution in [3.63, 3.8) is 0 Å². The van der Waals surface area contributed by atoms with Crippen molar-refractivity contribution in [3.05, 3.63) is 70.8 Å². The third kappa shape index (κ3) is 4.42. The minimum absolute atomic E-state index is 0.0789. The number of ether oxygens (including phenoxy) is 1. The van der Waals surface area contributed by atoms with Crippen LogP contribution in [-0.4, -0.2) is 35.2 Å². The highest BCUT2D eigenvalue weighted by molar-refractivity contribution is 6.01. The number of carbonyl (C=O) groups excluding carboxylic acids is 3. The lowest BCUT2D eigenvalue weighted by atomic mass is 10.1. The Morgan fingerprint density at radius 1 is 1.07 bits per heavy atom. The summed E-state index contributed by atoms with van der Waals surface area (Å²) in [6.07, 6.45) is 0.265. The Bertz CT molecular complexity index is 911. The maximum Gasteiger partial charge on any atom is 0.338 e. The van der Waals surface area contributed by atoms with E-state index in [0.717, 1.165) is 36.7 Å². The van der Waals surface area contributed by atoms with Gasteiger partial charge in [0.2, 0.25) is 11.7 Å². The summed E-state index contributed by atoms with van der Waals surface area (Å²) in [6.45, 7) is 2.58. The molecule has 1 saturated heterocycles. The number of halogens is 2. The first-order chi connectivity index (χ1) is 13.3. The lowest BCUT2D eigenvalue weighted by Crippen LogP contribution is -2.25. The van der Waals surface area contributed by atoms with Crippen LogP contribution in [-0.2, 0) is 16.1 Å². The monoisotopic (exact) mass is 387 g/mol. The van der Waals surface area contributed by atoms with E-state index in [-0.39, 0.29) is 17.0 Å². The molecule has 1 aliphatic rings. The van der Waals surface area contributed by atoms with Gasteiger partial charge < -0.3 is 9.64 Å². The number of nitrogens with zero attached hydrogens (tertiary/aromatic N) is 1. The molecule has 28 heavy (non-hydrogen) atoms. The summed E-state index contributed by atoms with van der Waals surface area (Å²) in [5, 5.41) is 0. The number of esters is 1. The van der Waals surface area contributed by atoms with Crippen molar-refractivity contribution in [2.75, 3.05) is 6.54 Å². The summed E-state index contributed by atoms with van der Waals surface area (Å²) < 4.78 is 31.4. The normalized spacial score (nSPS) is 14.8. The Hall–Kier alpha value is -3.09. The van der Waals surface area contributed by atoms with Gasteiger partial charge in [-0.3, -0.25) is 9.59 Å². The molecule has 5 nitrogen and oxygen atoms in total. The van der Waals surface area contributed by atoms with Gasteiger partial charge in [0, 0.05) is 25.1 Å². The fourth-order valence-electron chi connectivity index (χ4n) is 3.00. The number of hydrogen-bond donors (Lipinski definition) is 0. The molecule has 1 fully saturated rings. The summed E-state index contributed by atoms with van der Waals surface area (Å²) >= 11 is 0. The predicted molar refractivity (Wildman–Crippen MR) is 96.7 cm³/mol. The van der Waals surface area contributed by atoms with Crippen molar-refractivity contribution >= 4 is 17.7 Å². The van der Waals surface area contributed by atoms with Crippen molar-refractivity contribution in [2.45, 2.75) is 32.4 Å². The molecular formula is C21H19F2NO4. The van der Waals surface area contributed by atoms with Gasteiger partial charge >= 0.3 is 5.97 Å². The van der Waals surface area contributed by atoms with E-state index < -0.39 is 29.5 Å². The van der Waals surface area contributed by atoms with Crippen LogP contribution in [0.1, 0.15) is 46.0 Å². The zero-order chi connectivity index (χ0) is 20.3. The van der Waals surface area contributed by atoms with Crippen LogP contribution < -0.4 is 0 Å². The van der Waals surface area contributed by atoms with Crippen molar-refractivity contribution in [2.24, 2.45) is 0 Å². The van der Waals surface area contributed by atoms with Crippen LogP contribution >= 0.6 is 0 Å². The first-order valence-electron chi connectivity index (χ1n) is 8.92. The molecule has 1 unspecified atom stereocenters. The maximum absolute atomic E-state index is 13.3. The van der Waals surface area contributed by atoms with Gasteiger partial charge in [0.1, 0.15) is 0 Å². The third-order valence-electron chi connectivity index (χ3n) is 4.59. The molecule has 0 spiro atoms. The van der Waals surface area contributed by atoms with E-state index in [2.05, 4.69) is 0 Å². The predicted octanol–water partition coefficient (Wildman–Crippen LogP) is 3.52. The molecule has 3 rings (SSSR count). The zero-order valence-corrected chi connectivity index (χ0v) is 15.3. The average molecular weight is 387 g/mol. The smallest absolute Gasteiger partial charge is 0.338 e. The minimum Gasteiger partial charge on any atom is -0.451 e. The molecule has 0 bridgehead atoms. The van der Waals surface area contributed by atoms with Crippen LogP contribution in [0.2, 0.25) is 0 Å². The molecule has 1 aliphatic heterocycles. The third-order valence-corrected chi connectivity index (χ3v) is 4.59. The molecule has 0 N–H and O–H groups in total. The van der Waals surface area contributed by atoms with Crippen molar-refractivity contribution in [3.8, 4) is 0 Å². The quantitative estimate of drug-likeness (QED) is 0.562. The van der Waals surface area contributed by atoms with E-state index >= 15 is 0 Å². The number of likely N-dealkylation sites (tertiary alicyclic amines) is 1. The Kier molecular flexibility index (Phi) is 5.82. The number of Topliss-reactive ketones (excluding diaryl/α,β-unsaturated/α-hetero) is 1. The van der Waals surface area contributed by atoms with Crippen molar-refractivity contribution in [1.29, 1.82) is 0 Å². The average Bonchev–Trinajstić information content (AvgIpc) is 3.08. The standard InChI is InChI=1S/C21H19F2NO4/c1-13(20(26)16-8-9-17(22)18(23)11-16)28-21(27)15-6-4-14(5-7-15)12-24-10-2-3-19(24)25/h4-9,11,13H,2-3,10,12H2,1H3. The molecule has 1 atom stereocenters. The first-order valence-corrected chi connectivity index (χ1v) is 8.92. The molecule has 7 heteroatoms. The van der Waals surface area contributed by atoms with Gasteiger partial charge in [-0.2, -0.15) is 0 Å². The maximum atomic E-state index is 13.3. The molecule has 1 heterocycles. The Morgan fingerprint density at radius 3 is 2.36 bits per heavy atom. The van der Waals surface area contributed by atoms with E-state index in [1.54, 1.807) is 29.2 Å². The van der Waals surface area contributed by atoms with Gasteiger partial charge in [-0.15, -0.1) is 0 Å². The summed E-state index contributed by atoms with van der Waals surface area (Å²) in [5.74, 6) is -3.41. The highest BCUT2D eigenvalue weighted by Gasteiger charge is 2.22. The molecule has 0 saturated carbocycles. The number of amides is 1. The van der Waals surface area contributed by atoms with Crippen molar-refractivity contribution < 1.29 is 27.9 Å². The van der Waals surface area contributed by atoms with Crippen LogP contribution in [0.3, 0.4) is 0 Å². The van der Waals surface area contributed by atoms with Crippen LogP contribution in [0.25, 0.3) is 0 Å². The molecule has 0 aliphatic carbocycles. The fourth-order valence-corrected chi connectivity index (χ4v) is 3.00. The van der Waals surface area contributed by atoms with E-state index in [1.807, 2.05) is 0 Å². The van der Waals surface area contributed by atoms with E-state index in [4.69, 9.17) is 4.74 Å². The zero-order valence-electron chi connectivity index (χ0n) is 15.3. The molecule has 1 amide bonds. The molecule has 2 aromatic carbocycles. The molecular weight excluding hydrogens is 368 g/mol. The fraction of sp³-hybridized carbons (Fsp3) is 0.286. The van der Waals surface area contributed by atoms with Crippen LogP contribution in [0.15, 0.2) is 42.5 Å². The minimum atomic E-state index is -1.15. The summed E-state index contributed by atoms with van der Waals surface area (Å²) in [6, 6.07) is 9.34. The van der Waals surface area contributed by atoms with Gasteiger partial charge in [-0.25, -0.2) is 13.6 Å². The van der Waals surface area contributed by atoms with Gasteiger partial charge in [-0.1, -0.05) is 12.1 Å². The number of ketones is 1. The summed E-state index contributed by atoms with van der Waals surface area (Å²) in [7, 11) is 0. The Labute approximate surface area is 160 Å². The second-order valence-corrected chi connectivity index (χ2v) is 6.66. The van der Waals surface area contributed by atoms with E-state index in [9.17, 15) is 23.2 Å². The highest BCUT2D eigenvalue weighted by atomic mass is 19.2. The van der Waals surface area contributed by atoms with Crippen LogP contribution in [0, 0.1) is 11.6 Å². The molecule has 0 radical (unpaired) electrons.